The molecule has 0 aromatic heterocycles. The quantitative estimate of drug-likeness (QED) is 0.491. The van der Waals surface area contributed by atoms with Gasteiger partial charge in [0.1, 0.15) is 7.28 Å². The number of methoxy groups -OCH3 is 1. The van der Waals surface area contributed by atoms with Gasteiger partial charge in [-0.25, -0.2) is 0 Å². The molecule has 0 spiro atoms. The van der Waals surface area contributed by atoms with Crippen molar-refractivity contribution in [1.82, 2.24) is 0 Å². The van der Waals surface area contributed by atoms with Crippen LogP contribution in [0.25, 0.3) is 0 Å². The average molecular weight is 261 g/mol. The molecule has 0 fully saturated rings. The molecule has 0 bridgehead atoms. The number of ether oxygens (including phenoxy) is 2. The van der Waals surface area contributed by atoms with Gasteiger partial charge in [0.25, 0.3) is 0 Å². The van der Waals surface area contributed by atoms with Crippen molar-refractivity contribution in [3.8, 4) is 0 Å². The van der Waals surface area contributed by atoms with Crippen molar-refractivity contribution >= 4 is 19.9 Å². The van der Waals surface area contributed by atoms with E-state index in [2.05, 4.69) is 12.6 Å². The molecule has 0 aliphatic rings. The Morgan fingerprint density at radius 1 is 1.29 bits per heavy atom. The van der Waals surface area contributed by atoms with Crippen LogP contribution in [0.4, 0.5) is 0 Å². The number of aliphatic hydroxyl groups excluding tert-OH is 1. The van der Waals surface area contributed by atoms with E-state index in [9.17, 15) is 5.11 Å². The van der Waals surface area contributed by atoms with Crippen molar-refractivity contribution < 1.29 is 14.6 Å². The van der Waals surface area contributed by atoms with E-state index in [4.69, 9.17) is 9.47 Å². The maximum absolute atomic E-state index is 9.78. The van der Waals surface area contributed by atoms with E-state index in [0.717, 1.165) is 6.42 Å². The Hall–Kier alpha value is 0.295. The summed E-state index contributed by atoms with van der Waals surface area (Å²) in [5, 5.41) is 10.00. The van der Waals surface area contributed by atoms with E-state index < -0.39 is 6.00 Å². The Morgan fingerprint density at radius 3 is 2.24 bits per heavy atom. The fourth-order valence-corrected chi connectivity index (χ4v) is 1.82. The maximum atomic E-state index is 9.78. The van der Waals surface area contributed by atoms with Gasteiger partial charge in [0, 0.05) is 18.4 Å². The minimum atomic E-state index is -0.534. The first-order valence-electron chi connectivity index (χ1n) is 6.22. The van der Waals surface area contributed by atoms with Gasteiger partial charge < -0.3 is 14.6 Å². The summed E-state index contributed by atoms with van der Waals surface area (Å²) in [5.41, 5.74) is 0. The SMILES string of the molecule is C[B]C(O)[C@@H](CC(COC(C)C)C(C)S)OC. The van der Waals surface area contributed by atoms with Gasteiger partial charge in [0.05, 0.1) is 18.8 Å². The van der Waals surface area contributed by atoms with Crippen molar-refractivity contribution in [3.63, 3.8) is 0 Å². The minimum absolute atomic E-state index is 0.185. The molecule has 4 atom stereocenters. The number of rotatable bonds is 9. The normalized spacial score (nSPS) is 18.8. The second-order valence-electron chi connectivity index (χ2n) is 4.72. The molecule has 1 N–H and O–H groups in total. The third-order valence-electron chi connectivity index (χ3n) is 2.89. The minimum Gasteiger partial charge on any atom is -0.400 e. The Labute approximate surface area is 112 Å². The van der Waals surface area contributed by atoms with Crippen LogP contribution in [-0.4, -0.2) is 49.6 Å². The average Bonchev–Trinajstić information content (AvgIpc) is 2.27. The first kappa shape index (κ1) is 17.3. The van der Waals surface area contributed by atoms with Gasteiger partial charge in [0.2, 0.25) is 0 Å². The summed E-state index contributed by atoms with van der Waals surface area (Å²) in [6, 6.07) is -0.534. The van der Waals surface area contributed by atoms with Crippen LogP contribution < -0.4 is 0 Å². The first-order chi connectivity index (χ1) is 7.92. The Bertz CT molecular complexity index is 191. The van der Waals surface area contributed by atoms with E-state index in [1.54, 1.807) is 14.4 Å². The maximum Gasteiger partial charge on any atom is 0.149 e. The second-order valence-corrected chi connectivity index (χ2v) is 5.53. The van der Waals surface area contributed by atoms with Crippen LogP contribution in [0.15, 0.2) is 0 Å². The highest BCUT2D eigenvalue weighted by atomic mass is 32.1. The summed E-state index contributed by atoms with van der Waals surface area (Å²) in [6.07, 6.45) is 0.781. The van der Waals surface area contributed by atoms with Crippen molar-refractivity contribution in [1.29, 1.82) is 0 Å². The molecule has 101 valence electrons. The topological polar surface area (TPSA) is 38.7 Å². The summed E-state index contributed by atoms with van der Waals surface area (Å²) >= 11 is 4.48. The van der Waals surface area contributed by atoms with Gasteiger partial charge in [-0.3, -0.25) is 0 Å². The highest BCUT2D eigenvalue weighted by Crippen LogP contribution is 2.20. The number of aliphatic hydroxyl groups is 1. The number of hydrogen-bond acceptors (Lipinski definition) is 4. The zero-order valence-corrected chi connectivity index (χ0v) is 12.5. The summed E-state index contributed by atoms with van der Waals surface area (Å²) in [5.74, 6) is 0.278. The van der Waals surface area contributed by atoms with E-state index in [1.807, 2.05) is 27.6 Å². The molecule has 17 heavy (non-hydrogen) atoms. The summed E-state index contributed by atoms with van der Waals surface area (Å²) < 4.78 is 10.9. The number of thiol groups is 1. The Morgan fingerprint density at radius 2 is 1.88 bits per heavy atom. The van der Waals surface area contributed by atoms with Crippen LogP contribution in [0.2, 0.25) is 6.82 Å². The standard InChI is InChI=1S/C12H26BO3S/c1-8(2)16-7-10(9(3)17)6-11(15-5)12(14)13-4/h8-12,14,17H,6-7H2,1-5H3/t9?,10?,11-,12?/m1/s1. The second kappa shape index (κ2) is 9.25. The lowest BCUT2D eigenvalue weighted by atomic mass is 9.70. The summed E-state index contributed by atoms with van der Waals surface area (Å²) in [6.45, 7) is 8.57. The van der Waals surface area contributed by atoms with Gasteiger partial charge in [0.15, 0.2) is 0 Å². The molecule has 0 saturated heterocycles. The summed E-state index contributed by atoms with van der Waals surface area (Å²) in [7, 11) is 3.37. The molecule has 0 aromatic carbocycles. The molecule has 0 saturated carbocycles. The van der Waals surface area contributed by atoms with Crippen molar-refractivity contribution in [2.75, 3.05) is 13.7 Å². The van der Waals surface area contributed by atoms with Crippen molar-refractivity contribution in [2.24, 2.45) is 5.92 Å². The first-order valence-corrected chi connectivity index (χ1v) is 6.74. The van der Waals surface area contributed by atoms with Crippen LogP contribution in [-0.2, 0) is 9.47 Å². The van der Waals surface area contributed by atoms with Gasteiger partial charge in [-0.15, -0.1) is 0 Å². The molecule has 0 aliphatic carbocycles. The lowest BCUT2D eigenvalue weighted by Gasteiger charge is -2.28. The monoisotopic (exact) mass is 261 g/mol. The van der Waals surface area contributed by atoms with Crippen LogP contribution in [0.1, 0.15) is 27.2 Å². The molecule has 0 aromatic rings. The molecular weight excluding hydrogens is 235 g/mol. The zero-order chi connectivity index (χ0) is 13.4. The lowest BCUT2D eigenvalue weighted by molar-refractivity contribution is -0.0103. The third kappa shape index (κ3) is 7.34. The van der Waals surface area contributed by atoms with Crippen molar-refractivity contribution in [3.05, 3.63) is 0 Å². The fourth-order valence-electron chi connectivity index (χ4n) is 1.61. The largest absolute Gasteiger partial charge is 0.400 e. The van der Waals surface area contributed by atoms with E-state index in [-0.39, 0.29) is 23.4 Å². The highest BCUT2D eigenvalue weighted by molar-refractivity contribution is 7.80. The Balaban J connectivity index is 4.30. The van der Waals surface area contributed by atoms with Gasteiger partial charge in [-0.05, 0) is 26.2 Å². The molecular formula is C12H26BO3S. The smallest absolute Gasteiger partial charge is 0.149 e. The predicted molar refractivity (Wildman–Crippen MR) is 76.1 cm³/mol. The predicted octanol–water partition coefficient (Wildman–Crippen LogP) is 1.82. The third-order valence-corrected chi connectivity index (χ3v) is 3.31. The zero-order valence-electron chi connectivity index (χ0n) is 11.6. The molecule has 0 aliphatic heterocycles. The van der Waals surface area contributed by atoms with Gasteiger partial charge in [-0.1, -0.05) is 13.7 Å². The molecule has 3 unspecified atom stereocenters. The van der Waals surface area contributed by atoms with Crippen LogP contribution >= 0.6 is 12.6 Å². The van der Waals surface area contributed by atoms with Gasteiger partial charge >= 0.3 is 0 Å². The Kier molecular flexibility index (Phi) is 9.42. The highest BCUT2D eigenvalue weighted by Gasteiger charge is 2.24. The summed E-state index contributed by atoms with van der Waals surface area (Å²) in [4.78, 5) is 0. The number of hydrogen-bond donors (Lipinski definition) is 2. The fraction of sp³-hybridized carbons (Fsp3) is 1.00. The molecule has 0 amide bonds. The molecule has 1 radical (unpaired) electrons. The molecule has 0 rings (SSSR count). The molecule has 3 nitrogen and oxygen atoms in total. The van der Waals surface area contributed by atoms with Crippen LogP contribution in [0, 0.1) is 5.92 Å². The van der Waals surface area contributed by atoms with Crippen LogP contribution in [0.5, 0.6) is 0 Å². The van der Waals surface area contributed by atoms with Crippen molar-refractivity contribution in [2.45, 2.75) is 57.5 Å². The van der Waals surface area contributed by atoms with Crippen LogP contribution in [0.3, 0.4) is 0 Å². The lowest BCUT2D eigenvalue weighted by Crippen LogP contribution is -2.36. The molecule has 5 heteroatoms. The van der Waals surface area contributed by atoms with Gasteiger partial charge in [-0.2, -0.15) is 12.6 Å². The van der Waals surface area contributed by atoms with E-state index in [1.165, 1.54) is 0 Å². The van der Waals surface area contributed by atoms with E-state index in [0.29, 0.717) is 6.61 Å². The molecule has 0 heterocycles. The van der Waals surface area contributed by atoms with E-state index >= 15 is 0 Å².